The van der Waals surface area contributed by atoms with Gasteiger partial charge >= 0.3 is 19.6 Å². The number of aliphatic carboxylic acids is 2. The molecule has 0 bridgehead atoms. The fourth-order valence-corrected chi connectivity index (χ4v) is 3.08. The number of rotatable bonds is 7. The molecule has 0 aliphatic rings. The van der Waals surface area contributed by atoms with E-state index in [1.165, 1.54) is 27.7 Å². The van der Waals surface area contributed by atoms with Crippen LogP contribution in [0.15, 0.2) is 11.1 Å². The predicted molar refractivity (Wildman–Crippen MR) is 68.7 cm³/mol. The fourth-order valence-electron chi connectivity index (χ4n) is 2.16. The minimum absolute atomic E-state index is 0.0212. The van der Waals surface area contributed by atoms with Gasteiger partial charge in [-0.1, -0.05) is 27.7 Å². The zero-order valence-electron chi connectivity index (χ0n) is 11.5. The van der Waals surface area contributed by atoms with Gasteiger partial charge in [-0.2, -0.15) is 0 Å². The van der Waals surface area contributed by atoms with Gasteiger partial charge in [0.25, 0.3) is 0 Å². The topological polar surface area (TPSA) is 109 Å². The monoisotopic (exact) mass is 290 g/mol. The summed E-state index contributed by atoms with van der Waals surface area (Å²) in [6.45, 7) is 6.13. The number of hydrogen-bond donors (Lipinski definition) is 2. The van der Waals surface area contributed by atoms with E-state index in [9.17, 15) is 28.9 Å². The molecule has 0 aromatic carbocycles. The first-order valence-corrected chi connectivity index (χ1v) is 7.19. The molecule has 0 saturated heterocycles. The molecule has 2 N–H and O–H groups in total. The van der Waals surface area contributed by atoms with Crippen LogP contribution in [-0.2, 0) is 18.7 Å². The molecule has 0 heterocycles. The Morgan fingerprint density at radius 1 is 1.05 bits per heavy atom. The second-order valence-corrected chi connectivity index (χ2v) is 5.92. The third-order valence-electron chi connectivity index (χ3n) is 3.28. The van der Waals surface area contributed by atoms with Gasteiger partial charge in [-0.25, -0.2) is 18.7 Å². The maximum atomic E-state index is 11.5. The molecule has 0 aromatic heterocycles. The van der Waals surface area contributed by atoms with E-state index in [-0.39, 0.29) is 18.4 Å². The van der Waals surface area contributed by atoms with Crippen molar-refractivity contribution in [2.45, 2.75) is 45.7 Å². The van der Waals surface area contributed by atoms with Gasteiger partial charge < -0.3 is 10.2 Å². The zero-order valence-corrected chi connectivity index (χ0v) is 12.4. The summed E-state index contributed by atoms with van der Waals surface area (Å²) in [6.07, 6.45) is 0.0423. The molecular formula is C12H19O6P. The van der Waals surface area contributed by atoms with E-state index in [1.54, 1.807) is 0 Å². The highest BCUT2D eigenvalue weighted by molar-refractivity contribution is 7.33. The highest BCUT2D eigenvalue weighted by atomic mass is 31.1. The van der Waals surface area contributed by atoms with E-state index in [2.05, 4.69) is 0 Å². The van der Waals surface area contributed by atoms with Crippen LogP contribution in [0.3, 0.4) is 0 Å². The quantitative estimate of drug-likeness (QED) is 0.551. The molecule has 7 heteroatoms. The Hall–Kier alpha value is -1.42. The van der Waals surface area contributed by atoms with Crippen molar-refractivity contribution in [3.05, 3.63) is 11.1 Å². The summed E-state index contributed by atoms with van der Waals surface area (Å²) in [4.78, 5) is 22.7. The summed E-state index contributed by atoms with van der Waals surface area (Å²) in [7, 11) is -3.10. The molecule has 0 atom stereocenters. The summed E-state index contributed by atoms with van der Waals surface area (Å²) in [5, 5.41) is 16.8. The van der Waals surface area contributed by atoms with Crippen molar-refractivity contribution in [3.8, 4) is 0 Å². The first kappa shape index (κ1) is 17.6. The van der Waals surface area contributed by atoms with Crippen molar-refractivity contribution in [1.29, 1.82) is 0 Å². The summed E-state index contributed by atoms with van der Waals surface area (Å²) >= 11 is 0. The first-order chi connectivity index (χ1) is 8.65. The maximum Gasteiger partial charge on any atom is 0.333 e. The van der Waals surface area contributed by atoms with Crippen molar-refractivity contribution in [2.24, 2.45) is 5.92 Å². The van der Waals surface area contributed by atoms with Crippen LogP contribution >= 0.6 is 7.68 Å². The molecule has 19 heavy (non-hydrogen) atoms. The zero-order chi connectivity index (χ0) is 15.4. The molecule has 0 rings (SSSR count). The molecule has 0 aliphatic heterocycles. The van der Waals surface area contributed by atoms with E-state index in [4.69, 9.17) is 0 Å². The van der Waals surface area contributed by atoms with Crippen molar-refractivity contribution < 1.29 is 28.9 Å². The second kappa shape index (κ2) is 6.66. The molecule has 0 radical (unpaired) electrons. The normalized spacial score (nSPS) is 13.1. The minimum Gasteiger partial charge on any atom is -0.478 e. The Labute approximate surface area is 112 Å². The smallest absolute Gasteiger partial charge is 0.333 e. The molecule has 0 fully saturated rings. The van der Waals surface area contributed by atoms with Crippen LogP contribution in [0.5, 0.6) is 0 Å². The lowest BCUT2D eigenvalue weighted by Gasteiger charge is -2.26. The van der Waals surface area contributed by atoms with Crippen LogP contribution in [0.25, 0.3) is 0 Å². The van der Waals surface area contributed by atoms with Crippen molar-refractivity contribution >= 4 is 19.6 Å². The number of carboxylic acid groups (broad SMARTS) is 2. The van der Waals surface area contributed by atoms with Crippen LogP contribution in [0.2, 0.25) is 0 Å². The average molecular weight is 290 g/mol. The third-order valence-corrected chi connectivity index (χ3v) is 4.83. The molecule has 0 aromatic rings. The molecule has 0 unspecified atom stereocenters. The Kier molecular flexibility index (Phi) is 6.16. The van der Waals surface area contributed by atoms with Crippen LogP contribution in [0, 0.1) is 5.92 Å². The summed E-state index contributed by atoms with van der Waals surface area (Å²) in [5.41, 5.74) is -0.869. The van der Waals surface area contributed by atoms with Gasteiger partial charge in [-0.3, -0.25) is 0 Å². The minimum atomic E-state index is -3.10. The lowest BCUT2D eigenvalue weighted by molar-refractivity contribution is -0.136. The van der Waals surface area contributed by atoms with Crippen molar-refractivity contribution in [2.75, 3.05) is 0 Å². The molecular weight excluding hydrogens is 271 g/mol. The lowest BCUT2D eigenvalue weighted by atomic mass is 9.84. The second-order valence-electron chi connectivity index (χ2n) is 4.55. The van der Waals surface area contributed by atoms with E-state index < -0.39 is 36.3 Å². The van der Waals surface area contributed by atoms with Crippen LogP contribution in [0.4, 0.5) is 0 Å². The molecule has 108 valence electrons. The summed E-state index contributed by atoms with van der Waals surface area (Å²) in [5.74, 6) is -3.47. The average Bonchev–Trinajstić information content (AvgIpc) is 2.27. The van der Waals surface area contributed by atoms with E-state index in [0.717, 1.165) is 0 Å². The fraction of sp³-hybridized carbons (Fsp3) is 0.667. The van der Waals surface area contributed by atoms with Gasteiger partial charge in [-0.15, -0.1) is 0 Å². The third kappa shape index (κ3) is 3.32. The Bertz CT molecular complexity index is 461. The van der Waals surface area contributed by atoms with Gasteiger partial charge in [-0.05, 0) is 18.8 Å². The number of carboxylic acids is 2. The molecule has 6 nitrogen and oxygen atoms in total. The van der Waals surface area contributed by atoms with E-state index in [0.29, 0.717) is 0 Å². The van der Waals surface area contributed by atoms with E-state index >= 15 is 0 Å². The molecule has 0 spiro atoms. The van der Waals surface area contributed by atoms with Crippen LogP contribution < -0.4 is 0 Å². The van der Waals surface area contributed by atoms with E-state index in [1.807, 2.05) is 0 Å². The highest BCUT2D eigenvalue weighted by Gasteiger charge is 2.44. The lowest BCUT2D eigenvalue weighted by Crippen LogP contribution is -2.33. The predicted octanol–water partition coefficient (Wildman–Crippen LogP) is 2.84. The highest BCUT2D eigenvalue weighted by Crippen LogP contribution is 2.44. The molecule has 0 amide bonds. The maximum absolute atomic E-state index is 11.5. The van der Waals surface area contributed by atoms with Crippen molar-refractivity contribution in [1.82, 2.24) is 0 Å². The standard InChI is InChI=1S/C12H19O6P/c1-5-12(6-2,19(17)18)9(11(15)16)8(7(3)4)10(13)14/h7H,5-6H2,1-4H3,(H,13,14)(H,15,16)/b9-8-. The Morgan fingerprint density at radius 2 is 1.47 bits per heavy atom. The number of hydrogen-bond acceptors (Lipinski definition) is 4. The largest absolute Gasteiger partial charge is 0.478 e. The van der Waals surface area contributed by atoms with Gasteiger partial charge in [0.15, 0.2) is 0 Å². The summed E-state index contributed by atoms with van der Waals surface area (Å²) < 4.78 is 23.1. The van der Waals surface area contributed by atoms with Crippen molar-refractivity contribution in [3.63, 3.8) is 0 Å². The SMILES string of the molecule is CCC(CC)(/C(C(=O)O)=C(\C(=O)O)C(C)C)P(=O)=O. The van der Waals surface area contributed by atoms with Crippen LogP contribution in [-0.4, -0.2) is 27.3 Å². The first-order valence-electron chi connectivity index (χ1n) is 6.01. The Morgan fingerprint density at radius 3 is 1.63 bits per heavy atom. The number of carbonyl (C=O) groups is 2. The Balaban J connectivity index is 6.57. The van der Waals surface area contributed by atoms with Gasteiger partial charge in [0.1, 0.15) is 5.16 Å². The van der Waals surface area contributed by atoms with Gasteiger partial charge in [0.05, 0.1) is 11.1 Å². The molecule has 0 saturated carbocycles. The van der Waals surface area contributed by atoms with Crippen LogP contribution in [0.1, 0.15) is 40.5 Å². The van der Waals surface area contributed by atoms with Gasteiger partial charge in [0.2, 0.25) is 0 Å². The summed E-state index contributed by atoms with van der Waals surface area (Å²) in [6, 6.07) is 0. The molecule has 0 aliphatic carbocycles. The van der Waals surface area contributed by atoms with Gasteiger partial charge in [0, 0.05) is 0 Å².